The van der Waals surface area contributed by atoms with Crippen molar-refractivity contribution in [2.24, 2.45) is 0 Å². The van der Waals surface area contributed by atoms with Gasteiger partial charge in [0.25, 0.3) is 0 Å². The largest absolute Gasteiger partial charge is 0.456 e. The van der Waals surface area contributed by atoms with E-state index in [0.717, 1.165) is 71.7 Å². The monoisotopic (exact) mass is 660 g/mol. The Morgan fingerprint density at radius 1 is 0.392 bits per heavy atom. The summed E-state index contributed by atoms with van der Waals surface area (Å²) < 4.78 is 26.7. The van der Waals surface area contributed by atoms with Gasteiger partial charge in [0, 0.05) is 45.1 Å². The van der Waals surface area contributed by atoms with E-state index in [0.29, 0.717) is 28.6 Å². The summed E-state index contributed by atoms with van der Waals surface area (Å²) in [5.74, 6) is 0.999. The summed E-state index contributed by atoms with van der Waals surface area (Å²) in [4.78, 5) is 19.2. The van der Waals surface area contributed by atoms with Gasteiger partial charge in [-0.05, 0) is 101 Å². The normalized spacial score (nSPS) is 11.6. The Morgan fingerprint density at radius 2 is 0.922 bits per heavy atom. The average Bonchev–Trinajstić information content (AvgIpc) is 3.76. The summed E-state index contributed by atoms with van der Waals surface area (Å²) in [6.07, 6.45) is 3.60. The van der Waals surface area contributed by atoms with E-state index in [1.165, 1.54) is 12.1 Å². The van der Waals surface area contributed by atoms with Gasteiger partial charge in [-0.1, -0.05) is 60.7 Å². The highest BCUT2D eigenvalue weighted by Gasteiger charge is 2.20. The van der Waals surface area contributed by atoms with E-state index < -0.39 is 0 Å². The van der Waals surface area contributed by atoms with Crippen molar-refractivity contribution < 1.29 is 13.2 Å². The fourth-order valence-corrected chi connectivity index (χ4v) is 6.78. The van der Waals surface area contributed by atoms with Crippen molar-refractivity contribution in [2.75, 3.05) is 0 Å². The van der Waals surface area contributed by atoms with Gasteiger partial charge in [0.05, 0.1) is 5.56 Å². The first-order chi connectivity index (χ1) is 25.1. The number of benzene rings is 6. The highest BCUT2D eigenvalue weighted by molar-refractivity contribution is 6.11. The predicted molar refractivity (Wildman–Crippen MR) is 199 cm³/mol. The van der Waals surface area contributed by atoms with Gasteiger partial charge in [0.2, 0.25) is 0 Å². The molecule has 0 fully saturated rings. The highest BCUT2D eigenvalue weighted by Crippen LogP contribution is 2.40. The van der Waals surface area contributed by atoms with Gasteiger partial charge < -0.3 is 8.83 Å². The van der Waals surface area contributed by atoms with Gasteiger partial charge in [-0.25, -0.2) is 19.3 Å². The standard InChI is InChI=1S/C44H25FN4O2/c45-32-16-13-29(14-17-32)42-47-43(30-15-18-40-35(23-30)33-5-1-3-7-38(33)50-40)49-44(48-42)37-25-31(24-36-34-6-2-4-8-39(34)51-41(36)37)27-11-9-26(10-12-27)28-19-21-46-22-20-28/h1-25H. The molecule has 0 saturated heterocycles. The zero-order valence-electron chi connectivity index (χ0n) is 26.9. The molecule has 0 saturated carbocycles. The Bertz CT molecular complexity index is 2920. The summed E-state index contributed by atoms with van der Waals surface area (Å²) in [6.45, 7) is 0. The molecule has 0 radical (unpaired) electrons. The van der Waals surface area contributed by atoms with E-state index in [2.05, 4.69) is 47.4 Å². The van der Waals surface area contributed by atoms with Crippen molar-refractivity contribution in [3.63, 3.8) is 0 Å². The number of hydrogen-bond donors (Lipinski definition) is 0. The van der Waals surface area contributed by atoms with E-state index in [4.69, 9.17) is 23.8 Å². The number of hydrogen-bond acceptors (Lipinski definition) is 6. The van der Waals surface area contributed by atoms with Crippen molar-refractivity contribution in [1.29, 1.82) is 0 Å². The fourth-order valence-electron chi connectivity index (χ4n) is 6.78. The van der Waals surface area contributed by atoms with Crippen molar-refractivity contribution in [2.45, 2.75) is 0 Å². The molecule has 0 aliphatic heterocycles. The quantitative estimate of drug-likeness (QED) is 0.183. The van der Waals surface area contributed by atoms with Crippen LogP contribution in [0.4, 0.5) is 4.39 Å². The van der Waals surface area contributed by atoms with Crippen LogP contribution in [-0.2, 0) is 0 Å². The van der Waals surface area contributed by atoms with Crippen LogP contribution in [0.3, 0.4) is 0 Å². The van der Waals surface area contributed by atoms with Crippen LogP contribution in [0.5, 0.6) is 0 Å². The summed E-state index contributed by atoms with van der Waals surface area (Å²) in [5.41, 5.74) is 9.43. The van der Waals surface area contributed by atoms with E-state index in [1.54, 1.807) is 24.5 Å². The van der Waals surface area contributed by atoms with Crippen LogP contribution in [0.25, 0.3) is 100 Å². The molecular weight excluding hydrogens is 636 g/mol. The summed E-state index contributed by atoms with van der Waals surface area (Å²) >= 11 is 0. The van der Waals surface area contributed by atoms with Crippen molar-refractivity contribution in [3.05, 3.63) is 158 Å². The first-order valence-electron chi connectivity index (χ1n) is 16.5. The molecule has 0 N–H and O–H groups in total. The SMILES string of the molecule is Fc1ccc(-c2nc(-c3ccc4oc5ccccc5c4c3)nc(-c3cc(-c4ccc(-c5ccncc5)cc4)cc4c3oc3ccccc34)n2)cc1. The Morgan fingerprint density at radius 3 is 1.67 bits per heavy atom. The van der Waals surface area contributed by atoms with Gasteiger partial charge in [0.15, 0.2) is 17.5 Å². The third-order valence-corrected chi connectivity index (χ3v) is 9.32. The van der Waals surface area contributed by atoms with E-state index in [9.17, 15) is 4.39 Å². The molecular formula is C44H25FN4O2. The summed E-state index contributed by atoms with van der Waals surface area (Å²) in [7, 11) is 0. The smallest absolute Gasteiger partial charge is 0.167 e. The molecule has 6 nitrogen and oxygen atoms in total. The minimum atomic E-state index is -0.336. The highest BCUT2D eigenvalue weighted by atomic mass is 19.1. The Balaban J connectivity index is 1.20. The summed E-state index contributed by atoms with van der Waals surface area (Å²) in [5, 5.41) is 3.92. The molecule has 240 valence electrons. The number of aromatic nitrogens is 4. The minimum absolute atomic E-state index is 0.336. The third kappa shape index (κ3) is 5.02. The Labute approximate surface area is 290 Å². The molecule has 10 aromatic rings. The van der Waals surface area contributed by atoms with Crippen LogP contribution in [0.2, 0.25) is 0 Å². The molecule has 0 unspecified atom stereocenters. The van der Waals surface area contributed by atoms with E-state index >= 15 is 0 Å². The van der Waals surface area contributed by atoms with Crippen molar-refractivity contribution >= 4 is 43.9 Å². The third-order valence-electron chi connectivity index (χ3n) is 9.32. The van der Waals surface area contributed by atoms with E-state index in [-0.39, 0.29) is 5.82 Å². The maximum absolute atomic E-state index is 14.1. The Hall–Kier alpha value is -6.99. The molecule has 0 amide bonds. The molecule has 10 rings (SSSR count). The number of nitrogens with zero attached hydrogens (tertiary/aromatic N) is 4. The fraction of sp³-hybridized carbons (Fsp3) is 0. The van der Waals surface area contributed by atoms with E-state index in [1.807, 2.05) is 72.8 Å². The first-order valence-corrected chi connectivity index (χ1v) is 16.5. The molecule has 0 aliphatic rings. The predicted octanol–water partition coefficient (Wildman–Crippen LogP) is 11.5. The first kappa shape index (κ1) is 29.0. The number of furan rings is 2. The Kier molecular flexibility index (Phi) is 6.57. The molecule has 0 spiro atoms. The van der Waals surface area contributed by atoms with Crippen molar-refractivity contribution in [3.8, 4) is 56.4 Å². The molecule has 0 aliphatic carbocycles. The van der Waals surface area contributed by atoms with Gasteiger partial charge in [-0.3, -0.25) is 4.98 Å². The lowest BCUT2D eigenvalue weighted by Crippen LogP contribution is -2.00. The molecule has 0 atom stereocenters. The van der Waals surface area contributed by atoms with Crippen molar-refractivity contribution in [1.82, 2.24) is 19.9 Å². The number of pyridine rings is 1. The van der Waals surface area contributed by atoms with Gasteiger partial charge >= 0.3 is 0 Å². The molecule has 4 heterocycles. The lowest BCUT2D eigenvalue weighted by Gasteiger charge is -2.11. The maximum atomic E-state index is 14.1. The van der Waals surface area contributed by atoms with Crippen LogP contribution >= 0.6 is 0 Å². The van der Waals surface area contributed by atoms with Gasteiger partial charge in [-0.15, -0.1) is 0 Å². The second-order valence-corrected chi connectivity index (χ2v) is 12.4. The van der Waals surface area contributed by atoms with Crippen LogP contribution in [0, 0.1) is 5.82 Å². The lowest BCUT2D eigenvalue weighted by atomic mass is 9.97. The van der Waals surface area contributed by atoms with Gasteiger partial charge in [-0.2, -0.15) is 0 Å². The number of halogens is 1. The molecule has 51 heavy (non-hydrogen) atoms. The minimum Gasteiger partial charge on any atom is -0.456 e. The molecule has 6 aromatic carbocycles. The number of fused-ring (bicyclic) bond motifs is 6. The number of para-hydroxylation sites is 2. The van der Waals surface area contributed by atoms with Crippen LogP contribution in [0.1, 0.15) is 0 Å². The van der Waals surface area contributed by atoms with Crippen LogP contribution in [-0.4, -0.2) is 19.9 Å². The molecule has 7 heteroatoms. The second-order valence-electron chi connectivity index (χ2n) is 12.4. The molecule has 4 aromatic heterocycles. The van der Waals surface area contributed by atoms with Crippen LogP contribution < -0.4 is 0 Å². The number of rotatable bonds is 5. The van der Waals surface area contributed by atoms with Gasteiger partial charge in [0.1, 0.15) is 28.1 Å². The zero-order chi connectivity index (χ0) is 33.9. The van der Waals surface area contributed by atoms with Crippen LogP contribution in [0.15, 0.2) is 161 Å². The summed E-state index contributed by atoms with van der Waals surface area (Å²) in [6, 6.07) is 44.8. The topological polar surface area (TPSA) is 77.8 Å². The maximum Gasteiger partial charge on any atom is 0.167 e. The average molecular weight is 661 g/mol. The molecule has 0 bridgehead atoms. The lowest BCUT2D eigenvalue weighted by molar-refractivity contribution is 0.628. The second kappa shape index (κ2) is 11.6. The zero-order valence-corrected chi connectivity index (χ0v) is 26.9.